The van der Waals surface area contributed by atoms with E-state index in [0.29, 0.717) is 6.07 Å². The predicted molar refractivity (Wildman–Crippen MR) is 77.2 cm³/mol. The predicted octanol–water partition coefficient (Wildman–Crippen LogP) is 3.36. The van der Waals surface area contributed by atoms with Crippen LogP contribution in [0.1, 0.15) is 27.7 Å². The van der Waals surface area contributed by atoms with Crippen LogP contribution in [-0.2, 0) is 14.3 Å². The van der Waals surface area contributed by atoms with Gasteiger partial charge in [0.2, 0.25) is 5.91 Å². The summed E-state index contributed by atoms with van der Waals surface area (Å²) in [6, 6.07) is 1.84. The van der Waals surface area contributed by atoms with Crippen LogP contribution < -0.4 is 5.32 Å². The Kier molecular flexibility index (Phi) is 6.14. The molecule has 0 saturated heterocycles. The lowest BCUT2D eigenvalue weighted by atomic mass is 10.3. The highest BCUT2D eigenvalue weighted by molar-refractivity contribution is 8.00. The van der Waals surface area contributed by atoms with Crippen molar-refractivity contribution < 1.29 is 23.1 Å². The third-order valence-corrected chi connectivity index (χ3v) is 3.43. The lowest BCUT2D eigenvalue weighted by Crippen LogP contribution is -2.20. The van der Waals surface area contributed by atoms with Crippen LogP contribution >= 0.6 is 11.8 Å². The quantitative estimate of drug-likeness (QED) is 0.668. The molecular formula is C14H17F2NO3S. The van der Waals surface area contributed by atoms with E-state index in [-0.39, 0.29) is 16.7 Å². The summed E-state index contributed by atoms with van der Waals surface area (Å²) in [5.74, 6) is -2.62. The number of ether oxygens (including phenoxy) is 1. The van der Waals surface area contributed by atoms with Gasteiger partial charge in [-0.25, -0.2) is 8.78 Å². The van der Waals surface area contributed by atoms with Gasteiger partial charge in [0, 0.05) is 17.9 Å². The monoisotopic (exact) mass is 317 g/mol. The number of anilines is 1. The number of hydrogen-bond acceptors (Lipinski definition) is 4. The molecule has 0 spiro atoms. The van der Waals surface area contributed by atoms with Gasteiger partial charge in [-0.05, 0) is 26.8 Å². The van der Waals surface area contributed by atoms with Gasteiger partial charge in [-0.2, -0.15) is 0 Å². The van der Waals surface area contributed by atoms with Gasteiger partial charge in [-0.1, -0.05) is 0 Å². The first-order valence-electron chi connectivity index (χ1n) is 6.34. The van der Waals surface area contributed by atoms with E-state index < -0.39 is 28.8 Å². The summed E-state index contributed by atoms with van der Waals surface area (Å²) in [6.45, 7) is 6.21. The molecule has 1 unspecified atom stereocenters. The molecule has 0 aromatic heterocycles. The lowest BCUT2D eigenvalue weighted by molar-refractivity contribution is -0.146. The van der Waals surface area contributed by atoms with Crippen LogP contribution in [0.25, 0.3) is 0 Å². The molecule has 0 aliphatic heterocycles. The molecule has 4 nitrogen and oxygen atoms in total. The molecule has 1 rings (SSSR count). The van der Waals surface area contributed by atoms with Crippen molar-refractivity contribution in [2.24, 2.45) is 0 Å². The minimum absolute atomic E-state index is 0.0633. The van der Waals surface area contributed by atoms with Crippen molar-refractivity contribution in [1.82, 2.24) is 0 Å². The molecule has 1 N–H and O–H groups in total. The molecule has 1 atom stereocenters. The second-order valence-corrected chi connectivity index (χ2v) is 6.07. The Morgan fingerprint density at radius 2 is 1.81 bits per heavy atom. The molecule has 21 heavy (non-hydrogen) atoms. The van der Waals surface area contributed by atoms with Crippen molar-refractivity contribution in [1.29, 1.82) is 0 Å². The summed E-state index contributed by atoms with van der Waals surface area (Å²) >= 11 is 0.903. The average Bonchev–Trinajstić information content (AvgIpc) is 2.33. The van der Waals surface area contributed by atoms with Crippen molar-refractivity contribution in [2.45, 2.75) is 43.9 Å². The second kappa shape index (κ2) is 7.40. The normalized spacial score (nSPS) is 12.1. The van der Waals surface area contributed by atoms with Crippen LogP contribution in [0.15, 0.2) is 17.0 Å². The smallest absolute Gasteiger partial charge is 0.319 e. The minimum Gasteiger partial charge on any atom is -0.462 e. The van der Waals surface area contributed by atoms with Crippen molar-refractivity contribution in [2.75, 3.05) is 5.32 Å². The van der Waals surface area contributed by atoms with E-state index >= 15 is 0 Å². The van der Waals surface area contributed by atoms with Crippen LogP contribution in [0.3, 0.4) is 0 Å². The molecule has 116 valence electrons. The Labute approximate surface area is 126 Å². The zero-order chi connectivity index (χ0) is 16.2. The zero-order valence-corrected chi connectivity index (χ0v) is 13.0. The van der Waals surface area contributed by atoms with E-state index in [4.69, 9.17) is 4.74 Å². The highest BCUT2D eigenvalue weighted by Crippen LogP contribution is 2.31. The number of carbonyl (C=O) groups excluding carboxylic acids is 2. The largest absolute Gasteiger partial charge is 0.462 e. The number of carbonyl (C=O) groups is 2. The van der Waals surface area contributed by atoms with Crippen LogP contribution in [0.2, 0.25) is 0 Å². The van der Waals surface area contributed by atoms with E-state index in [2.05, 4.69) is 5.32 Å². The molecular weight excluding hydrogens is 300 g/mol. The number of amides is 1. The number of hydrogen-bond donors (Lipinski definition) is 1. The average molecular weight is 317 g/mol. The molecule has 0 bridgehead atoms. The summed E-state index contributed by atoms with van der Waals surface area (Å²) in [4.78, 5) is 22.7. The molecule has 1 aromatic rings. The first-order valence-corrected chi connectivity index (χ1v) is 7.22. The van der Waals surface area contributed by atoms with Gasteiger partial charge >= 0.3 is 5.97 Å². The number of benzene rings is 1. The lowest BCUT2D eigenvalue weighted by Gasteiger charge is -2.14. The molecule has 1 amide bonds. The van der Waals surface area contributed by atoms with E-state index in [0.717, 1.165) is 17.8 Å². The maximum absolute atomic E-state index is 13.7. The Morgan fingerprint density at radius 3 is 2.33 bits per heavy atom. The fraction of sp³-hybridized carbons (Fsp3) is 0.429. The highest BCUT2D eigenvalue weighted by atomic mass is 32.2. The van der Waals surface area contributed by atoms with E-state index in [1.807, 2.05) is 0 Å². The van der Waals surface area contributed by atoms with Crippen molar-refractivity contribution in [3.63, 3.8) is 0 Å². The van der Waals surface area contributed by atoms with Crippen molar-refractivity contribution in [3.05, 3.63) is 23.8 Å². The topological polar surface area (TPSA) is 55.4 Å². The van der Waals surface area contributed by atoms with Gasteiger partial charge in [-0.3, -0.25) is 9.59 Å². The highest BCUT2D eigenvalue weighted by Gasteiger charge is 2.20. The molecule has 0 saturated carbocycles. The minimum atomic E-state index is -0.871. The van der Waals surface area contributed by atoms with Gasteiger partial charge in [0.25, 0.3) is 0 Å². The number of halogens is 2. The summed E-state index contributed by atoms with van der Waals surface area (Å²) in [5.41, 5.74) is -0.129. The molecule has 0 aliphatic carbocycles. The summed E-state index contributed by atoms with van der Waals surface area (Å²) in [7, 11) is 0. The first-order chi connectivity index (χ1) is 9.70. The number of thioether (sulfide) groups is 1. The van der Waals surface area contributed by atoms with Crippen LogP contribution in [-0.4, -0.2) is 23.2 Å². The van der Waals surface area contributed by atoms with Gasteiger partial charge in [0.1, 0.15) is 16.9 Å². The summed E-state index contributed by atoms with van der Waals surface area (Å²) in [6.07, 6.45) is -0.270. The Balaban J connectivity index is 2.92. The van der Waals surface area contributed by atoms with Gasteiger partial charge in [0.15, 0.2) is 0 Å². The third kappa shape index (κ3) is 5.34. The number of esters is 1. The van der Waals surface area contributed by atoms with Crippen molar-refractivity contribution >= 4 is 29.3 Å². The SMILES string of the molecule is CC(=O)Nc1cc(SC(C)C(=O)OC(C)C)c(F)cc1F. The second-order valence-electron chi connectivity index (χ2n) is 4.69. The fourth-order valence-electron chi connectivity index (χ4n) is 1.47. The number of rotatable bonds is 5. The molecule has 0 fully saturated rings. The van der Waals surface area contributed by atoms with Crippen LogP contribution in [0.5, 0.6) is 0 Å². The van der Waals surface area contributed by atoms with E-state index in [1.165, 1.54) is 6.92 Å². The van der Waals surface area contributed by atoms with Crippen LogP contribution in [0.4, 0.5) is 14.5 Å². The van der Waals surface area contributed by atoms with Gasteiger partial charge < -0.3 is 10.1 Å². The van der Waals surface area contributed by atoms with Crippen molar-refractivity contribution in [3.8, 4) is 0 Å². The maximum Gasteiger partial charge on any atom is 0.319 e. The van der Waals surface area contributed by atoms with Crippen LogP contribution in [0, 0.1) is 11.6 Å². The fourth-order valence-corrected chi connectivity index (χ4v) is 2.36. The molecule has 7 heteroatoms. The Hall–Kier alpha value is -1.63. The summed E-state index contributed by atoms with van der Waals surface area (Å²) in [5, 5.41) is 1.61. The maximum atomic E-state index is 13.7. The first kappa shape index (κ1) is 17.4. The van der Waals surface area contributed by atoms with E-state index in [1.54, 1.807) is 20.8 Å². The molecule has 1 aromatic carbocycles. The molecule has 0 radical (unpaired) electrons. The van der Waals surface area contributed by atoms with E-state index in [9.17, 15) is 18.4 Å². The standard InChI is InChI=1S/C14H17F2NO3S/c1-7(2)20-14(19)8(3)21-13-6-12(17-9(4)18)10(15)5-11(13)16/h5-8H,1-4H3,(H,17,18). The van der Waals surface area contributed by atoms with Gasteiger partial charge in [-0.15, -0.1) is 11.8 Å². The summed E-state index contributed by atoms with van der Waals surface area (Å²) < 4.78 is 32.2. The Bertz CT molecular complexity index is 549. The third-order valence-electron chi connectivity index (χ3n) is 2.32. The Morgan fingerprint density at radius 1 is 1.19 bits per heavy atom. The number of nitrogens with one attached hydrogen (secondary N) is 1. The molecule has 0 aliphatic rings. The van der Waals surface area contributed by atoms with Gasteiger partial charge in [0.05, 0.1) is 11.8 Å². The molecule has 0 heterocycles. The zero-order valence-electron chi connectivity index (χ0n) is 12.2.